The van der Waals surface area contributed by atoms with E-state index in [0.29, 0.717) is 19.3 Å². The third-order valence-corrected chi connectivity index (χ3v) is 3.55. The average Bonchev–Trinajstić information content (AvgIpc) is 2.79. The Morgan fingerprint density at radius 1 is 1.47 bits per heavy atom. The standard InChI is InChI=1S/C12H18F2N2O/c13-12(14)5-3-9(4-6-12)11(16-15)8-10-2-1-7-17-10/h1-2,7,9,11,16H,3-6,8,15H2. The summed E-state index contributed by atoms with van der Waals surface area (Å²) in [4.78, 5) is 0. The highest BCUT2D eigenvalue weighted by molar-refractivity contribution is 5.01. The van der Waals surface area contributed by atoms with Crippen molar-refractivity contribution in [2.45, 2.75) is 44.1 Å². The second kappa shape index (κ2) is 5.14. The van der Waals surface area contributed by atoms with E-state index in [1.807, 2.05) is 12.1 Å². The van der Waals surface area contributed by atoms with Gasteiger partial charge in [-0.15, -0.1) is 0 Å². The van der Waals surface area contributed by atoms with E-state index in [2.05, 4.69) is 5.43 Å². The van der Waals surface area contributed by atoms with Crippen LogP contribution in [-0.4, -0.2) is 12.0 Å². The first-order valence-electron chi connectivity index (χ1n) is 5.97. The SMILES string of the molecule is NNC(Cc1ccco1)C1CCC(F)(F)CC1. The Kier molecular flexibility index (Phi) is 3.79. The van der Waals surface area contributed by atoms with E-state index in [1.165, 1.54) is 0 Å². The molecule has 0 bridgehead atoms. The van der Waals surface area contributed by atoms with Gasteiger partial charge in [-0.25, -0.2) is 8.78 Å². The minimum absolute atomic E-state index is 0.0113. The lowest BCUT2D eigenvalue weighted by Crippen LogP contribution is -2.44. The number of nitrogens with two attached hydrogens (primary N) is 1. The quantitative estimate of drug-likeness (QED) is 0.632. The molecular formula is C12H18F2N2O. The first kappa shape index (κ1) is 12.5. The maximum absolute atomic E-state index is 13.1. The second-order valence-electron chi connectivity index (χ2n) is 4.75. The Balaban J connectivity index is 1.91. The molecule has 5 heteroatoms. The van der Waals surface area contributed by atoms with Gasteiger partial charge < -0.3 is 4.42 Å². The van der Waals surface area contributed by atoms with Crippen LogP contribution in [-0.2, 0) is 6.42 Å². The van der Waals surface area contributed by atoms with Crippen molar-refractivity contribution in [1.29, 1.82) is 0 Å². The molecule has 3 nitrogen and oxygen atoms in total. The molecule has 2 rings (SSSR count). The molecule has 3 N–H and O–H groups in total. The zero-order chi connectivity index (χ0) is 12.3. The molecule has 1 heterocycles. The van der Waals surface area contributed by atoms with Gasteiger partial charge in [-0.05, 0) is 30.9 Å². The lowest BCUT2D eigenvalue weighted by Gasteiger charge is -2.33. The summed E-state index contributed by atoms with van der Waals surface area (Å²) < 4.78 is 31.4. The van der Waals surface area contributed by atoms with Crippen LogP contribution in [0.2, 0.25) is 0 Å². The van der Waals surface area contributed by atoms with Crippen molar-refractivity contribution >= 4 is 0 Å². The summed E-state index contributed by atoms with van der Waals surface area (Å²) in [5.74, 6) is 4.06. The third-order valence-electron chi connectivity index (χ3n) is 3.55. The van der Waals surface area contributed by atoms with Gasteiger partial charge in [0.25, 0.3) is 0 Å². The number of alkyl halides is 2. The molecular weight excluding hydrogens is 226 g/mol. The van der Waals surface area contributed by atoms with Crippen molar-refractivity contribution in [2.24, 2.45) is 11.8 Å². The number of halogens is 2. The van der Waals surface area contributed by atoms with Gasteiger partial charge in [0, 0.05) is 25.3 Å². The summed E-state index contributed by atoms with van der Waals surface area (Å²) in [5.41, 5.74) is 2.73. The van der Waals surface area contributed by atoms with E-state index in [4.69, 9.17) is 10.3 Å². The first-order valence-corrected chi connectivity index (χ1v) is 5.97. The summed E-state index contributed by atoms with van der Waals surface area (Å²) in [5, 5.41) is 0. The molecule has 96 valence electrons. The molecule has 0 aromatic carbocycles. The number of nitrogens with one attached hydrogen (secondary N) is 1. The Labute approximate surface area is 99.3 Å². The van der Waals surface area contributed by atoms with Crippen LogP contribution in [0.5, 0.6) is 0 Å². The van der Waals surface area contributed by atoms with Gasteiger partial charge in [0.1, 0.15) is 5.76 Å². The number of hydrogen-bond acceptors (Lipinski definition) is 3. The zero-order valence-corrected chi connectivity index (χ0v) is 9.66. The van der Waals surface area contributed by atoms with Crippen LogP contribution in [0, 0.1) is 5.92 Å². The lowest BCUT2D eigenvalue weighted by molar-refractivity contribution is -0.0496. The van der Waals surface area contributed by atoms with Gasteiger partial charge >= 0.3 is 0 Å². The van der Waals surface area contributed by atoms with Crippen LogP contribution in [0.3, 0.4) is 0 Å². The molecule has 1 saturated carbocycles. The monoisotopic (exact) mass is 244 g/mol. The minimum atomic E-state index is -2.49. The summed E-state index contributed by atoms with van der Waals surface area (Å²) in [6, 6.07) is 3.71. The molecule has 0 saturated heterocycles. The van der Waals surface area contributed by atoms with E-state index in [1.54, 1.807) is 6.26 Å². The van der Waals surface area contributed by atoms with Crippen molar-refractivity contribution in [3.05, 3.63) is 24.2 Å². The topological polar surface area (TPSA) is 51.2 Å². The number of hydrazine groups is 1. The highest BCUT2D eigenvalue weighted by Gasteiger charge is 2.37. The molecule has 0 radical (unpaired) electrons. The summed E-state index contributed by atoms with van der Waals surface area (Å²) >= 11 is 0. The predicted octanol–water partition coefficient (Wildman–Crippen LogP) is 2.48. The van der Waals surface area contributed by atoms with Crippen molar-refractivity contribution < 1.29 is 13.2 Å². The lowest BCUT2D eigenvalue weighted by atomic mass is 9.81. The summed E-state index contributed by atoms with van der Waals surface area (Å²) in [6.45, 7) is 0. The van der Waals surface area contributed by atoms with Crippen molar-refractivity contribution in [1.82, 2.24) is 5.43 Å². The number of furan rings is 1. The molecule has 0 spiro atoms. The van der Waals surface area contributed by atoms with Gasteiger partial charge in [0.05, 0.1) is 6.26 Å². The van der Waals surface area contributed by atoms with Gasteiger partial charge in [0.2, 0.25) is 5.92 Å². The minimum Gasteiger partial charge on any atom is -0.469 e. The van der Waals surface area contributed by atoms with E-state index in [0.717, 1.165) is 5.76 Å². The Hall–Kier alpha value is -0.940. The zero-order valence-electron chi connectivity index (χ0n) is 9.66. The van der Waals surface area contributed by atoms with Crippen LogP contribution >= 0.6 is 0 Å². The number of rotatable bonds is 4. The molecule has 17 heavy (non-hydrogen) atoms. The van der Waals surface area contributed by atoms with E-state index < -0.39 is 5.92 Å². The fourth-order valence-corrected chi connectivity index (χ4v) is 2.47. The van der Waals surface area contributed by atoms with Crippen LogP contribution in [0.1, 0.15) is 31.4 Å². The Morgan fingerprint density at radius 2 is 2.18 bits per heavy atom. The van der Waals surface area contributed by atoms with Crippen LogP contribution in [0.15, 0.2) is 22.8 Å². The molecule has 1 aliphatic carbocycles. The summed E-state index contributed by atoms with van der Waals surface area (Å²) in [6.07, 6.45) is 3.23. The molecule has 1 atom stereocenters. The predicted molar refractivity (Wildman–Crippen MR) is 60.4 cm³/mol. The van der Waals surface area contributed by atoms with Gasteiger partial charge in [-0.1, -0.05) is 0 Å². The molecule has 0 amide bonds. The molecule has 1 aromatic heterocycles. The summed E-state index contributed by atoms with van der Waals surface area (Å²) in [7, 11) is 0. The largest absolute Gasteiger partial charge is 0.469 e. The second-order valence-corrected chi connectivity index (χ2v) is 4.75. The van der Waals surface area contributed by atoms with E-state index >= 15 is 0 Å². The van der Waals surface area contributed by atoms with Crippen molar-refractivity contribution in [3.8, 4) is 0 Å². The molecule has 1 fully saturated rings. The molecule has 0 aliphatic heterocycles. The van der Waals surface area contributed by atoms with Gasteiger partial charge in [-0.3, -0.25) is 11.3 Å². The third kappa shape index (κ3) is 3.26. The van der Waals surface area contributed by atoms with Crippen molar-refractivity contribution in [2.75, 3.05) is 0 Å². The molecule has 1 aromatic rings. The first-order chi connectivity index (χ1) is 8.11. The maximum Gasteiger partial charge on any atom is 0.248 e. The van der Waals surface area contributed by atoms with E-state index in [-0.39, 0.29) is 24.8 Å². The average molecular weight is 244 g/mol. The van der Waals surface area contributed by atoms with E-state index in [9.17, 15) is 8.78 Å². The smallest absolute Gasteiger partial charge is 0.248 e. The maximum atomic E-state index is 13.1. The van der Waals surface area contributed by atoms with Crippen LogP contribution in [0.4, 0.5) is 8.78 Å². The Morgan fingerprint density at radius 3 is 2.71 bits per heavy atom. The highest BCUT2D eigenvalue weighted by atomic mass is 19.3. The Bertz CT molecular complexity index is 330. The number of hydrogen-bond donors (Lipinski definition) is 2. The molecule has 1 aliphatic rings. The highest BCUT2D eigenvalue weighted by Crippen LogP contribution is 2.37. The normalized spacial score (nSPS) is 22.5. The van der Waals surface area contributed by atoms with Crippen LogP contribution in [0.25, 0.3) is 0 Å². The fourth-order valence-electron chi connectivity index (χ4n) is 2.47. The van der Waals surface area contributed by atoms with Crippen LogP contribution < -0.4 is 11.3 Å². The fraction of sp³-hybridized carbons (Fsp3) is 0.667. The molecule has 1 unspecified atom stereocenters. The van der Waals surface area contributed by atoms with Gasteiger partial charge in [-0.2, -0.15) is 0 Å². The van der Waals surface area contributed by atoms with Crippen molar-refractivity contribution in [3.63, 3.8) is 0 Å². The van der Waals surface area contributed by atoms with Gasteiger partial charge in [0.15, 0.2) is 0 Å².